The zero-order valence-electron chi connectivity index (χ0n) is 18.0. The van der Waals surface area contributed by atoms with E-state index in [1.54, 1.807) is 30.3 Å². The fourth-order valence-electron chi connectivity index (χ4n) is 3.46. The largest absolute Gasteiger partial charge is 0.436 e. The lowest BCUT2D eigenvalue weighted by Crippen LogP contribution is -2.21. The van der Waals surface area contributed by atoms with Crippen molar-refractivity contribution in [2.24, 2.45) is 0 Å². The number of anilines is 2. The van der Waals surface area contributed by atoms with Gasteiger partial charge in [-0.05, 0) is 80.1 Å². The maximum absolute atomic E-state index is 12.3. The van der Waals surface area contributed by atoms with Crippen LogP contribution in [0.4, 0.5) is 11.4 Å². The molecule has 4 aromatic rings. The van der Waals surface area contributed by atoms with Crippen LogP contribution in [0.3, 0.4) is 0 Å². The van der Waals surface area contributed by atoms with Gasteiger partial charge in [0.05, 0.1) is 0 Å². The van der Waals surface area contributed by atoms with E-state index < -0.39 is 0 Å². The summed E-state index contributed by atoms with van der Waals surface area (Å²) < 4.78 is 5.92. The molecule has 0 aliphatic rings. The number of amides is 1. The highest BCUT2D eigenvalue weighted by Crippen LogP contribution is 2.28. The molecule has 0 saturated heterocycles. The molecule has 0 saturated carbocycles. The summed E-state index contributed by atoms with van der Waals surface area (Å²) in [5, 5.41) is 3.52. The molecule has 5 nitrogen and oxygen atoms in total. The zero-order valence-corrected chi connectivity index (χ0v) is 18.8. The van der Waals surface area contributed by atoms with Crippen molar-refractivity contribution >= 4 is 46.1 Å². The topological polar surface area (TPSA) is 58.4 Å². The average Bonchev–Trinajstić information content (AvgIpc) is 3.23. The zero-order chi connectivity index (χ0) is 22.5. The predicted octanol–water partition coefficient (Wildman–Crippen LogP) is 6.65. The summed E-state index contributed by atoms with van der Waals surface area (Å²) in [6.45, 7) is 6.20. The SMILES string of the molecule is CCN(CC)c1ccc(-c2nc3cc(NC(=O)/C=C/c4ccc(Cl)cc4)ccc3o2)cc1. The fraction of sp³-hybridized carbons (Fsp3) is 0.154. The number of fused-ring (bicyclic) bond motifs is 1. The van der Waals surface area contributed by atoms with Crippen molar-refractivity contribution in [2.45, 2.75) is 13.8 Å². The minimum atomic E-state index is -0.227. The van der Waals surface area contributed by atoms with Crippen LogP contribution in [-0.2, 0) is 4.79 Å². The lowest BCUT2D eigenvalue weighted by molar-refractivity contribution is -0.111. The van der Waals surface area contributed by atoms with Gasteiger partial charge >= 0.3 is 0 Å². The summed E-state index contributed by atoms with van der Waals surface area (Å²) >= 11 is 5.88. The molecule has 1 aromatic heterocycles. The summed E-state index contributed by atoms with van der Waals surface area (Å²) in [5.41, 5.74) is 4.99. The van der Waals surface area contributed by atoms with Crippen molar-refractivity contribution in [3.05, 3.63) is 83.4 Å². The Morgan fingerprint density at radius 1 is 1.03 bits per heavy atom. The summed E-state index contributed by atoms with van der Waals surface area (Å²) in [6.07, 6.45) is 3.22. The lowest BCUT2D eigenvalue weighted by Gasteiger charge is -2.20. The predicted molar refractivity (Wildman–Crippen MR) is 132 cm³/mol. The first-order valence-electron chi connectivity index (χ1n) is 10.6. The van der Waals surface area contributed by atoms with Gasteiger partial charge in [-0.25, -0.2) is 4.98 Å². The Labute approximate surface area is 192 Å². The highest BCUT2D eigenvalue weighted by Gasteiger charge is 2.10. The Bertz CT molecular complexity index is 1240. The van der Waals surface area contributed by atoms with Gasteiger partial charge in [-0.1, -0.05) is 23.7 Å². The number of hydrogen-bond donors (Lipinski definition) is 1. The third-order valence-corrected chi connectivity index (χ3v) is 5.45. The van der Waals surface area contributed by atoms with Gasteiger partial charge in [0.25, 0.3) is 0 Å². The number of carbonyl (C=O) groups excluding carboxylic acids is 1. The Balaban J connectivity index is 1.48. The number of hydrogen-bond acceptors (Lipinski definition) is 4. The van der Waals surface area contributed by atoms with E-state index in [-0.39, 0.29) is 5.91 Å². The van der Waals surface area contributed by atoms with E-state index >= 15 is 0 Å². The Hall–Kier alpha value is -3.57. The summed E-state index contributed by atoms with van der Waals surface area (Å²) in [5.74, 6) is 0.326. The van der Waals surface area contributed by atoms with E-state index in [4.69, 9.17) is 16.0 Å². The maximum Gasteiger partial charge on any atom is 0.248 e. The molecule has 0 radical (unpaired) electrons. The van der Waals surface area contributed by atoms with E-state index in [1.165, 1.54) is 11.8 Å². The quantitative estimate of drug-likeness (QED) is 0.324. The molecule has 1 amide bonds. The first-order chi connectivity index (χ1) is 15.6. The van der Waals surface area contributed by atoms with Crippen LogP contribution in [0.2, 0.25) is 5.02 Å². The highest BCUT2D eigenvalue weighted by molar-refractivity contribution is 6.30. The standard InChI is InChI=1S/C26H24ClN3O2/c1-3-30(4-2)22-13-8-19(9-14-22)26-29-23-17-21(12-15-24(23)32-26)28-25(31)16-7-18-5-10-20(27)11-6-18/h5-17H,3-4H2,1-2H3,(H,28,31)/b16-7+. The Morgan fingerprint density at radius 2 is 1.75 bits per heavy atom. The van der Waals surface area contributed by atoms with Gasteiger partial charge in [0.1, 0.15) is 5.52 Å². The molecule has 162 valence electrons. The summed E-state index contributed by atoms with van der Waals surface area (Å²) in [7, 11) is 0. The van der Waals surface area contributed by atoms with Gasteiger partial charge < -0.3 is 14.6 Å². The van der Waals surface area contributed by atoms with Gasteiger partial charge in [-0.2, -0.15) is 0 Å². The number of halogens is 1. The second-order valence-electron chi connectivity index (χ2n) is 7.29. The molecule has 6 heteroatoms. The second kappa shape index (κ2) is 9.71. The van der Waals surface area contributed by atoms with E-state index in [0.29, 0.717) is 27.7 Å². The third-order valence-electron chi connectivity index (χ3n) is 5.20. The lowest BCUT2D eigenvalue weighted by atomic mass is 10.2. The van der Waals surface area contributed by atoms with Crippen LogP contribution in [0.25, 0.3) is 28.6 Å². The molecule has 0 bridgehead atoms. The molecule has 0 unspecified atom stereocenters. The molecular weight excluding hydrogens is 422 g/mol. The minimum Gasteiger partial charge on any atom is -0.436 e. The number of nitrogens with zero attached hydrogens (tertiary/aromatic N) is 2. The van der Waals surface area contributed by atoms with Crippen LogP contribution in [0.15, 0.2) is 77.2 Å². The molecule has 0 spiro atoms. The van der Waals surface area contributed by atoms with Crippen LogP contribution in [0, 0.1) is 0 Å². The van der Waals surface area contributed by atoms with Gasteiger partial charge in [0.2, 0.25) is 11.8 Å². The van der Waals surface area contributed by atoms with Crippen molar-refractivity contribution in [3.63, 3.8) is 0 Å². The van der Waals surface area contributed by atoms with Crippen LogP contribution in [-0.4, -0.2) is 24.0 Å². The molecule has 0 atom stereocenters. The van der Waals surface area contributed by atoms with Gasteiger partial charge in [-0.3, -0.25) is 4.79 Å². The molecule has 1 heterocycles. The van der Waals surface area contributed by atoms with Crippen molar-refractivity contribution < 1.29 is 9.21 Å². The molecule has 0 fully saturated rings. The van der Waals surface area contributed by atoms with Crippen LogP contribution >= 0.6 is 11.6 Å². The average molecular weight is 446 g/mol. The fourth-order valence-corrected chi connectivity index (χ4v) is 3.59. The highest BCUT2D eigenvalue weighted by atomic mass is 35.5. The molecule has 4 rings (SSSR count). The van der Waals surface area contributed by atoms with Gasteiger partial charge in [-0.15, -0.1) is 0 Å². The number of nitrogens with one attached hydrogen (secondary N) is 1. The number of aromatic nitrogens is 1. The molecule has 1 N–H and O–H groups in total. The van der Waals surface area contributed by atoms with Gasteiger partial charge in [0, 0.05) is 41.1 Å². The maximum atomic E-state index is 12.3. The van der Waals surface area contributed by atoms with Crippen molar-refractivity contribution in [2.75, 3.05) is 23.3 Å². The van der Waals surface area contributed by atoms with Crippen molar-refractivity contribution in [1.82, 2.24) is 4.98 Å². The van der Waals surface area contributed by atoms with Gasteiger partial charge in [0.15, 0.2) is 5.58 Å². The molecule has 0 aliphatic heterocycles. The smallest absolute Gasteiger partial charge is 0.248 e. The van der Waals surface area contributed by atoms with E-state index in [9.17, 15) is 4.79 Å². The van der Waals surface area contributed by atoms with Crippen molar-refractivity contribution in [3.8, 4) is 11.5 Å². The van der Waals surface area contributed by atoms with Crippen LogP contribution in [0.5, 0.6) is 0 Å². The first kappa shape index (κ1) is 21.7. The van der Waals surface area contributed by atoms with E-state index in [0.717, 1.165) is 24.2 Å². The Kier molecular flexibility index (Phi) is 6.57. The molecule has 32 heavy (non-hydrogen) atoms. The minimum absolute atomic E-state index is 0.227. The summed E-state index contributed by atoms with van der Waals surface area (Å²) in [6, 6.07) is 20.9. The first-order valence-corrected chi connectivity index (χ1v) is 10.9. The Morgan fingerprint density at radius 3 is 2.44 bits per heavy atom. The van der Waals surface area contributed by atoms with Crippen LogP contribution in [0.1, 0.15) is 19.4 Å². The number of oxazole rings is 1. The number of benzene rings is 3. The molecule has 3 aromatic carbocycles. The van der Waals surface area contributed by atoms with E-state index in [2.05, 4.69) is 41.2 Å². The monoisotopic (exact) mass is 445 g/mol. The number of carbonyl (C=O) groups is 1. The second-order valence-corrected chi connectivity index (χ2v) is 7.73. The van der Waals surface area contributed by atoms with Crippen LogP contribution < -0.4 is 10.2 Å². The van der Waals surface area contributed by atoms with E-state index in [1.807, 2.05) is 30.3 Å². The molecule has 0 aliphatic carbocycles. The summed E-state index contributed by atoms with van der Waals surface area (Å²) in [4.78, 5) is 19.2. The number of rotatable bonds is 7. The normalized spacial score (nSPS) is 11.2. The molecular formula is C26H24ClN3O2. The third kappa shape index (κ3) is 5.01. The van der Waals surface area contributed by atoms with Crippen molar-refractivity contribution in [1.29, 1.82) is 0 Å².